The highest BCUT2D eigenvalue weighted by atomic mass is 28.3. The summed E-state index contributed by atoms with van der Waals surface area (Å²) in [5.41, 5.74) is 6.51. The summed E-state index contributed by atoms with van der Waals surface area (Å²) in [4.78, 5) is 0. The molecule has 0 radical (unpaired) electrons. The summed E-state index contributed by atoms with van der Waals surface area (Å²) in [6.45, 7) is 13.9. The van der Waals surface area contributed by atoms with E-state index in [0.29, 0.717) is 16.6 Å². The van der Waals surface area contributed by atoms with Crippen LogP contribution in [0.25, 0.3) is 0 Å². The molecule has 1 aromatic carbocycles. The molecule has 0 aliphatic carbocycles. The lowest BCUT2D eigenvalue weighted by molar-refractivity contribution is 0.415. The van der Waals surface area contributed by atoms with Crippen LogP contribution in [-0.4, -0.2) is 15.2 Å². The summed E-state index contributed by atoms with van der Waals surface area (Å²) < 4.78 is 5.15. The zero-order valence-corrected chi connectivity index (χ0v) is 15.9. The van der Waals surface area contributed by atoms with Crippen molar-refractivity contribution in [2.45, 2.75) is 58.2 Å². The van der Waals surface area contributed by atoms with Crippen molar-refractivity contribution in [3.63, 3.8) is 0 Å². The van der Waals surface area contributed by atoms with Crippen LogP contribution in [0, 0.1) is 23.3 Å². The van der Waals surface area contributed by atoms with Crippen molar-refractivity contribution in [3.05, 3.63) is 29.8 Å². The van der Waals surface area contributed by atoms with Crippen LogP contribution in [0.5, 0.6) is 5.75 Å². The molecule has 0 saturated carbocycles. The van der Waals surface area contributed by atoms with E-state index in [9.17, 15) is 0 Å². The van der Waals surface area contributed by atoms with Gasteiger partial charge in [-0.15, -0.1) is 5.54 Å². The third kappa shape index (κ3) is 4.18. The molecule has 1 aromatic rings. The van der Waals surface area contributed by atoms with Crippen molar-refractivity contribution in [2.75, 3.05) is 7.11 Å². The van der Waals surface area contributed by atoms with Crippen LogP contribution in [0.1, 0.15) is 47.1 Å². The minimum absolute atomic E-state index is 0.641. The Morgan fingerprint density at radius 2 is 1.32 bits per heavy atom. The molecule has 0 spiro atoms. The summed E-state index contributed by atoms with van der Waals surface area (Å²) in [6, 6.07) is 7.77. The van der Waals surface area contributed by atoms with Crippen LogP contribution >= 0.6 is 0 Å². The van der Waals surface area contributed by atoms with E-state index in [2.05, 4.69) is 64.8 Å². The predicted octanol–water partition coefficient (Wildman–Crippen LogP) is 5.27. The Morgan fingerprint density at radius 3 is 1.73 bits per heavy atom. The molecule has 0 bridgehead atoms. The second kappa shape index (κ2) is 8.11. The average Bonchev–Trinajstić information content (AvgIpc) is 2.46. The van der Waals surface area contributed by atoms with Crippen LogP contribution < -0.4 is 4.74 Å². The molecule has 0 aliphatic rings. The number of ether oxygens (including phenoxy) is 1. The summed E-state index contributed by atoms with van der Waals surface area (Å²) in [7, 11) is 0.00268. The molecule has 0 fully saturated rings. The van der Waals surface area contributed by atoms with Crippen LogP contribution in [0.2, 0.25) is 16.6 Å². The smallest absolute Gasteiger partial charge is 0.147 e. The van der Waals surface area contributed by atoms with Gasteiger partial charge in [0.15, 0.2) is 0 Å². The maximum absolute atomic E-state index is 5.15. The normalized spacial score (nSPS) is 11.0. The van der Waals surface area contributed by atoms with E-state index in [0.717, 1.165) is 11.3 Å². The molecule has 0 aromatic heterocycles. The van der Waals surface area contributed by atoms with Crippen LogP contribution in [0.3, 0.4) is 0 Å². The number of benzene rings is 1. The molecule has 118 valence electrons. The van der Waals surface area contributed by atoms with Crippen molar-refractivity contribution in [1.82, 2.24) is 0 Å². The fraction of sp³-hybridized carbons (Fsp3) is 0.500. The number of rotatable bonds is 4. The molecule has 0 unspecified atom stereocenters. The van der Waals surface area contributed by atoms with Gasteiger partial charge >= 0.3 is 0 Å². The fourth-order valence-corrected chi connectivity index (χ4v) is 8.50. The van der Waals surface area contributed by atoms with Crippen LogP contribution in [-0.2, 0) is 0 Å². The number of hydrogen-bond acceptors (Lipinski definition) is 1. The van der Waals surface area contributed by atoms with Gasteiger partial charge in [0.1, 0.15) is 13.8 Å². The summed E-state index contributed by atoms with van der Waals surface area (Å²) in [5, 5.41) is 0. The van der Waals surface area contributed by atoms with Gasteiger partial charge in [0.05, 0.1) is 7.11 Å². The molecule has 0 atom stereocenters. The Balaban J connectivity index is 3.02. The second-order valence-corrected chi connectivity index (χ2v) is 12.2. The Morgan fingerprint density at radius 1 is 0.818 bits per heavy atom. The standard InChI is InChI=1S/C20H28OSi/c1-16(2)22(17(3)4,18(5)6)15-9-8-10-19-11-13-20(21-7)14-12-19/h11-14,16-18H,1-7H3. The summed E-state index contributed by atoms with van der Waals surface area (Å²) in [5.74, 6) is 10.2. The lowest BCUT2D eigenvalue weighted by atomic mass is 10.2. The SMILES string of the molecule is COc1ccc(C#CC#C[Si](C(C)C)(C(C)C)C(C)C)cc1. The molecule has 0 aliphatic heterocycles. The maximum atomic E-state index is 5.15. The molecular formula is C20H28OSi. The average molecular weight is 313 g/mol. The van der Waals surface area contributed by atoms with Gasteiger partial charge < -0.3 is 4.74 Å². The molecule has 2 heteroatoms. The first-order chi connectivity index (χ1) is 10.3. The van der Waals surface area contributed by atoms with E-state index >= 15 is 0 Å². The van der Waals surface area contributed by atoms with E-state index in [-0.39, 0.29) is 0 Å². The Bertz CT molecular complexity index is 567. The third-order valence-corrected chi connectivity index (χ3v) is 10.8. The first kappa shape index (κ1) is 18.4. The van der Waals surface area contributed by atoms with Gasteiger partial charge in [-0.05, 0) is 52.7 Å². The monoisotopic (exact) mass is 312 g/mol. The molecule has 0 N–H and O–H groups in total. The van der Waals surface area contributed by atoms with Gasteiger partial charge in [0.2, 0.25) is 0 Å². The molecule has 0 heterocycles. The minimum atomic E-state index is -1.66. The van der Waals surface area contributed by atoms with Gasteiger partial charge in [-0.2, -0.15) is 0 Å². The van der Waals surface area contributed by atoms with E-state index in [1.165, 1.54) is 0 Å². The van der Waals surface area contributed by atoms with Gasteiger partial charge in [-0.3, -0.25) is 0 Å². The molecular weight excluding hydrogens is 284 g/mol. The highest BCUT2D eigenvalue weighted by molar-refractivity contribution is 6.90. The van der Waals surface area contributed by atoms with Gasteiger partial charge in [0, 0.05) is 5.56 Å². The third-order valence-electron chi connectivity index (χ3n) is 4.50. The highest BCUT2D eigenvalue weighted by Gasteiger charge is 2.41. The minimum Gasteiger partial charge on any atom is -0.497 e. The van der Waals surface area contributed by atoms with Gasteiger partial charge in [0.25, 0.3) is 0 Å². The topological polar surface area (TPSA) is 9.23 Å². The first-order valence-corrected chi connectivity index (χ1v) is 10.2. The molecule has 0 saturated heterocycles. The van der Waals surface area contributed by atoms with Crippen molar-refractivity contribution in [3.8, 4) is 29.1 Å². The highest BCUT2D eigenvalue weighted by Crippen LogP contribution is 2.40. The quantitative estimate of drug-likeness (QED) is 0.544. The molecule has 22 heavy (non-hydrogen) atoms. The Hall–Kier alpha value is -1.64. The number of methoxy groups -OCH3 is 1. The zero-order chi connectivity index (χ0) is 16.8. The Labute approximate surface area is 137 Å². The van der Waals surface area contributed by atoms with Crippen molar-refractivity contribution in [1.29, 1.82) is 0 Å². The van der Waals surface area contributed by atoms with Crippen molar-refractivity contribution >= 4 is 8.07 Å². The molecule has 1 nitrogen and oxygen atoms in total. The second-order valence-electron chi connectivity index (χ2n) is 6.63. The lowest BCUT2D eigenvalue weighted by Gasteiger charge is -2.37. The largest absolute Gasteiger partial charge is 0.497 e. The van der Waals surface area contributed by atoms with Crippen molar-refractivity contribution in [2.24, 2.45) is 0 Å². The molecule has 1 rings (SSSR count). The zero-order valence-electron chi connectivity index (χ0n) is 14.9. The van der Waals surface area contributed by atoms with Gasteiger partial charge in [-0.1, -0.05) is 47.5 Å². The fourth-order valence-electron chi connectivity index (χ4n) is 3.35. The van der Waals surface area contributed by atoms with Crippen molar-refractivity contribution < 1.29 is 4.74 Å². The van der Waals surface area contributed by atoms with E-state index in [1.54, 1.807) is 7.11 Å². The number of hydrogen-bond donors (Lipinski definition) is 0. The van der Waals surface area contributed by atoms with E-state index in [1.807, 2.05) is 24.3 Å². The first-order valence-electron chi connectivity index (χ1n) is 8.01. The van der Waals surface area contributed by atoms with Gasteiger partial charge in [-0.25, -0.2) is 0 Å². The van der Waals surface area contributed by atoms with Crippen LogP contribution in [0.15, 0.2) is 24.3 Å². The van der Waals surface area contributed by atoms with Crippen LogP contribution in [0.4, 0.5) is 0 Å². The summed E-state index contributed by atoms with van der Waals surface area (Å²) in [6.07, 6.45) is 0. The predicted molar refractivity (Wildman–Crippen MR) is 98.7 cm³/mol. The lowest BCUT2D eigenvalue weighted by Crippen LogP contribution is -2.43. The summed E-state index contributed by atoms with van der Waals surface area (Å²) >= 11 is 0. The van der Waals surface area contributed by atoms with E-state index in [4.69, 9.17) is 4.74 Å². The molecule has 0 amide bonds. The maximum Gasteiger partial charge on any atom is 0.147 e. The van der Waals surface area contributed by atoms with E-state index < -0.39 is 8.07 Å². The Kier molecular flexibility index (Phi) is 6.79.